The number of carbonyl (C=O) groups is 2. The number of amides is 1. The van der Waals surface area contributed by atoms with E-state index in [2.05, 4.69) is 20.8 Å². The van der Waals surface area contributed by atoms with Crippen molar-refractivity contribution in [3.05, 3.63) is 65.2 Å². The summed E-state index contributed by atoms with van der Waals surface area (Å²) in [7, 11) is -3.71. The molecule has 3 rings (SSSR count). The molecule has 0 unspecified atom stereocenters. The smallest absolute Gasteiger partial charge is 0.338 e. The minimum atomic E-state index is -3.71. The van der Waals surface area contributed by atoms with E-state index in [1.165, 1.54) is 28.6 Å². The van der Waals surface area contributed by atoms with E-state index >= 15 is 0 Å². The fourth-order valence-corrected chi connectivity index (χ4v) is 4.98. The Bertz CT molecular complexity index is 1060. The maximum Gasteiger partial charge on any atom is 0.338 e. The fourth-order valence-electron chi connectivity index (χ4n) is 3.55. The third kappa shape index (κ3) is 5.19. The standard InChI is InChI=1S/C24H30N2O5S/c1-5-31-23(28)19-8-12-21(13-9-19)32(29,30)26-16-14-25(15-17-26)22(27)18-6-10-20(11-7-18)24(2,3)4/h6-13H,5,14-17H2,1-4H3. The van der Waals surface area contributed by atoms with Crippen molar-refractivity contribution in [3.8, 4) is 0 Å². The van der Waals surface area contributed by atoms with Crippen LogP contribution in [0, 0.1) is 0 Å². The predicted molar refractivity (Wildman–Crippen MR) is 122 cm³/mol. The Labute approximate surface area is 190 Å². The number of esters is 1. The van der Waals surface area contributed by atoms with Crippen LogP contribution in [0.2, 0.25) is 0 Å². The number of nitrogens with zero attached hydrogens (tertiary/aromatic N) is 2. The number of hydrogen-bond acceptors (Lipinski definition) is 5. The summed E-state index contributed by atoms with van der Waals surface area (Å²) in [6.07, 6.45) is 0. The molecule has 0 N–H and O–H groups in total. The van der Waals surface area contributed by atoms with Gasteiger partial charge in [0, 0.05) is 31.7 Å². The molecule has 1 amide bonds. The average molecular weight is 459 g/mol. The molecule has 0 aliphatic carbocycles. The number of ether oxygens (including phenoxy) is 1. The van der Waals surface area contributed by atoms with E-state index in [1.807, 2.05) is 24.3 Å². The van der Waals surface area contributed by atoms with Gasteiger partial charge in [0.1, 0.15) is 0 Å². The maximum absolute atomic E-state index is 13.0. The average Bonchev–Trinajstić information content (AvgIpc) is 2.78. The molecule has 1 heterocycles. The van der Waals surface area contributed by atoms with Crippen LogP contribution in [0.1, 0.15) is 54.0 Å². The second-order valence-corrected chi connectivity index (χ2v) is 10.7. The van der Waals surface area contributed by atoms with Crippen LogP contribution < -0.4 is 0 Å². The number of carbonyl (C=O) groups excluding carboxylic acids is 2. The van der Waals surface area contributed by atoms with Gasteiger partial charge in [0.05, 0.1) is 17.1 Å². The molecule has 1 aliphatic rings. The molecule has 1 fully saturated rings. The molecule has 7 nitrogen and oxygen atoms in total. The third-order valence-corrected chi connectivity index (χ3v) is 7.44. The van der Waals surface area contributed by atoms with Crippen molar-refractivity contribution < 1.29 is 22.7 Å². The minimum Gasteiger partial charge on any atom is -0.462 e. The van der Waals surface area contributed by atoms with Crippen molar-refractivity contribution in [2.24, 2.45) is 0 Å². The van der Waals surface area contributed by atoms with E-state index in [1.54, 1.807) is 11.8 Å². The van der Waals surface area contributed by atoms with E-state index < -0.39 is 16.0 Å². The van der Waals surface area contributed by atoms with Crippen molar-refractivity contribution in [2.75, 3.05) is 32.8 Å². The molecular weight excluding hydrogens is 428 g/mol. The van der Waals surface area contributed by atoms with E-state index in [9.17, 15) is 18.0 Å². The van der Waals surface area contributed by atoms with Crippen LogP contribution in [0.25, 0.3) is 0 Å². The molecule has 1 saturated heterocycles. The Hall–Kier alpha value is -2.71. The van der Waals surface area contributed by atoms with Crippen LogP contribution in [0.3, 0.4) is 0 Å². The van der Waals surface area contributed by atoms with E-state index in [4.69, 9.17) is 4.74 Å². The summed E-state index contributed by atoms with van der Waals surface area (Å²) in [4.78, 5) is 26.4. The van der Waals surface area contributed by atoms with Gasteiger partial charge in [-0.1, -0.05) is 32.9 Å². The molecule has 2 aromatic rings. The zero-order valence-corrected chi connectivity index (χ0v) is 19.8. The lowest BCUT2D eigenvalue weighted by Gasteiger charge is -2.34. The molecule has 1 aliphatic heterocycles. The largest absolute Gasteiger partial charge is 0.462 e. The number of piperazine rings is 1. The summed E-state index contributed by atoms with van der Waals surface area (Å²) in [5, 5.41) is 0. The topological polar surface area (TPSA) is 84.0 Å². The molecule has 172 valence electrons. The molecular formula is C24H30N2O5S. The Morgan fingerprint density at radius 3 is 1.91 bits per heavy atom. The summed E-state index contributed by atoms with van der Waals surface area (Å²) in [6.45, 7) is 9.39. The first-order valence-electron chi connectivity index (χ1n) is 10.7. The molecule has 2 aromatic carbocycles. The van der Waals surface area contributed by atoms with Crippen molar-refractivity contribution >= 4 is 21.9 Å². The van der Waals surface area contributed by atoms with Gasteiger partial charge in [0.15, 0.2) is 0 Å². The highest BCUT2D eigenvalue weighted by molar-refractivity contribution is 7.89. The molecule has 0 radical (unpaired) electrons. The molecule has 32 heavy (non-hydrogen) atoms. The van der Waals surface area contributed by atoms with Crippen LogP contribution in [-0.4, -0.2) is 62.3 Å². The predicted octanol–water partition coefficient (Wildman–Crippen LogP) is 3.31. The Kier molecular flexibility index (Phi) is 7.05. The van der Waals surface area contributed by atoms with Gasteiger partial charge in [-0.05, 0) is 54.3 Å². The van der Waals surface area contributed by atoms with Crippen molar-refractivity contribution in [3.63, 3.8) is 0 Å². The lowest BCUT2D eigenvalue weighted by Crippen LogP contribution is -2.50. The van der Waals surface area contributed by atoms with Crippen LogP contribution in [0.4, 0.5) is 0 Å². The summed E-state index contributed by atoms with van der Waals surface area (Å²) < 4.78 is 32.3. The second-order valence-electron chi connectivity index (χ2n) is 8.77. The number of benzene rings is 2. The quantitative estimate of drug-likeness (QED) is 0.642. The van der Waals surface area contributed by atoms with E-state index in [0.717, 1.165) is 5.56 Å². The van der Waals surface area contributed by atoms with Gasteiger partial charge in [-0.15, -0.1) is 0 Å². The zero-order valence-electron chi connectivity index (χ0n) is 19.0. The zero-order chi connectivity index (χ0) is 23.5. The van der Waals surface area contributed by atoms with E-state index in [0.29, 0.717) is 24.2 Å². The summed E-state index contributed by atoms with van der Waals surface area (Å²) in [5.41, 5.74) is 2.07. The Morgan fingerprint density at radius 2 is 1.41 bits per heavy atom. The lowest BCUT2D eigenvalue weighted by atomic mass is 9.86. The maximum atomic E-state index is 13.0. The van der Waals surface area contributed by atoms with Gasteiger partial charge in [-0.25, -0.2) is 13.2 Å². The van der Waals surface area contributed by atoms with E-state index in [-0.39, 0.29) is 35.9 Å². The number of hydrogen-bond donors (Lipinski definition) is 0. The fraction of sp³-hybridized carbons (Fsp3) is 0.417. The highest BCUT2D eigenvalue weighted by Gasteiger charge is 2.30. The highest BCUT2D eigenvalue weighted by atomic mass is 32.2. The van der Waals surface area contributed by atoms with Gasteiger partial charge in [-0.2, -0.15) is 4.31 Å². The second kappa shape index (κ2) is 9.42. The molecule has 0 saturated carbocycles. The summed E-state index contributed by atoms with van der Waals surface area (Å²) in [6, 6.07) is 13.3. The van der Waals surface area contributed by atoms with Gasteiger partial charge in [0.2, 0.25) is 10.0 Å². The monoisotopic (exact) mass is 458 g/mol. The van der Waals surface area contributed by atoms with Crippen molar-refractivity contribution in [2.45, 2.75) is 38.0 Å². The Morgan fingerprint density at radius 1 is 0.875 bits per heavy atom. The minimum absolute atomic E-state index is 0.01000. The number of rotatable bonds is 5. The van der Waals surface area contributed by atoms with Gasteiger partial charge in [0.25, 0.3) is 5.91 Å². The van der Waals surface area contributed by atoms with Crippen LogP contribution >= 0.6 is 0 Å². The SMILES string of the molecule is CCOC(=O)c1ccc(S(=O)(=O)N2CCN(C(=O)c3ccc(C(C)(C)C)cc3)CC2)cc1. The molecule has 0 aromatic heterocycles. The first kappa shape index (κ1) is 23.9. The number of sulfonamides is 1. The summed E-state index contributed by atoms with van der Waals surface area (Å²) >= 11 is 0. The van der Waals surface area contributed by atoms with Gasteiger partial charge >= 0.3 is 5.97 Å². The molecule has 0 bridgehead atoms. The van der Waals surface area contributed by atoms with Crippen molar-refractivity contribution in [1.29, 1.82) is 0 Å². The molecule has 8 heteroatoms. The van der Waals surface area contributed by atoms with Crippen LogP contribution in [0.15, 0.2) is 53.4 Å². The lowest BCUT2D eigenvalue weighted by molar-refractivity contribution is 0.0526. The molecule has 0 atom stereocenters. The first-order valence-corrected chi connectivity index (χ1v) is 12.1. The molecule has 0 spiro atoms. The van der Waals surface area contributed by atoms with Crippen molar-refractivity contribution in [1.82, 2.24) is 9.21 Å². The van der Waals surface area contributed by atoms with Crippen LogP contribution in [0.5, 0.6) is 0 Å². The van der Waals surface area contributed by atoms with Gasteiger partial charge in [-0.3, -0.25) is 4.79 Å². The van der Waals surface area contributed by atoms with Crippen LogP contribution in [-0.2, 0) is 20.2 Å². The Balaban J connectivity index is 1.64. The summed E-state index contributed by atoms with van der Waals surface area (Å²) in [5.74, 6) is -0.583. The van der Waals surface area contributed by atoms with Gasteiger partial charge < -0.3 is 9.64 Å². The normalized spacial score (nSPS) is 15.4. The highest BCUT2D eigenvalue weighted by Crippen LogP contribution is 2.23. The first-order chi connectivity index (χ1) is 15.0. The third-order valence-electron chi connectivity index (χ3n) is 5.53.